The summed E-state index contributed by atoms with van der Waals surface area (Å²) >= 11 is 0. The molecule has 1 N–H and O–H groups in total. The maximum atomic E-state index is 12.4. The van der Waals surface area contributed by atoms with Crippen LogP contribution >= 0.6 is 0 Å². The predicted octanol–water partition coefficient (Wildman–Crippen LogP) is 4.33. The van der Waals surface area contributed by atoms with E-state index in [-0.39, 0.29) is 33.9 Å². The Morgan fingerprint density at radius 2 is 0.936 bits per heavy atom. The normalized spacial score (nSPS) is 22.4. The summed E-state index contributed by atoms with van der Waals surface area (Å²) in [5, 5.41) is 8.84. The standard InChI is InChI=1S/C17H24BNO4.C13H17BO4.C5H10O/c1-16(2)17(3,4)23-18(22-16)14-7-5-13(6-8-14)15(20)19-9-11-21-12-10-19;1-12(2)13(3,4)18-14(17-12)10-7-5-9(6-8-10)11(15)16;1-2-4-6-5-3-1/h5-8H,9-12H2,1-4H3;5-8H,1-4H3,(H,15,16);1-5H2. The van der Waals surface area contributed by atoms with Crippen molar-refractivity contribution in [2.75, 3.05) is 39.5 Å². The first kappa shape index (κ1) is 37.1. The number of aromatic carboxylic acids is 1. The monoisotopic (exact) mass is 651 g/mol. The zero-order valence-electron chi connectivity index (χ0n) is 29.3. The van der Waals surface area contributed by atoms with E-state index in [0.29, 0.717) is 31.9 Å². The van der Waals surface area contributed by atoms with Crippen LogP contribution in [0.25, 0.3) is 0 Å². The lowest BCUT2D eigenvalue weighted by Crippen LogP contribution is -2.41. The summed E-state index contributed by atoms with van der Waals surface area (Å²) in [5.41, 5.74) is 1.22. The Balaban J connectivity index is 0.000000184. The lowest BCUT2D eigenvalue weighted by atomic mass is 9.79. The van der Waals surface area contributed by atoms with Gasteiger partial charge < -0.3 is 38.1 Å². The summed E-state index contributed by atoms with van der Waals surface area (Å²) in [6.07, 6.45) is 3.93. The number of ether oxygens (including phenoxy) is 2. The van der Waals surface area contributed by atoms with Gasteiger partial charge in [0.2, 0.25) is 0 Å². The molecular weight excluding hydrogens is 600 g/mol. The van der Waals surface area contributed by atoms with Gasteiger partial charge >= 0.3 is 20.2 Å². The minimum atomic E-state index is -0.935. The smallest absolute Gasteiger partial charge is 0.478 e. The third kappa shape index (κ3) is 9.25. The third-order valence-corrected chi connectivity index (χ3v) is 9.74. The van der Waals surface area contributed by atoms with Gasteiger partial charge in [0.1, 0.15) is 0 Å². The highest BCUT2D eigenvalue weighted by Gasteiger charge is 2.52. The fourth-order valence-electron chi connectivity index (χ4n) is 5.16. The van der Waals surface area contributed by atoms with Crippen molar-refractivity contribution in [2.24, 2.45) is 0 Å². The Kier molecular flexibility index (Phi) is 12.0. The average molecular weight is 651 g/mol. The first-order valence-electron chi connectivity index (χ1n) is 16.6. The van der Waals surface area contributed by atoms with Gasteiger partial charge in [0.15, 0.2) is 0 Å². The van der Waals surface area contributed by atoms with Crippen molar-refractivity contribution in [1.29, 1.82) is 0 Å². The largest absolute Gasteiger partial charge is 0.494 e. The molecule has 0 atom stereocenters. The van der Waals surface area contributed by atoms with Crippen LogP contribution in [-0.2, 0) is 28.1 Å². The van der Waals surface area contributed by atoms with Gasteiger partial charge in [0.25, 0.3) is 5.91 Å². The number of carbonyl (C=O) groups is 2. The highest BCUT2D eigenvalue weighted by Crippen LogP contribution is 2.37. The van der Waals surface area contributed by atoms with Crippen LogP contribution in [0.4, 0.5) is 0 Å². The van der Waals surface area contributed by atoms with E-state index in [1.54, 1.807) is 24.3 Å². The van der Waals surface area contributed by atoms with E-state index < -0.39 is 20.2 Å². The van der Waals surface area contributed by atoms with Gasteiger partial charge in [-0.25, -0.2) is 4.79 Å². The van der Waals surface area contributed by atoms with Gasteiger partial charge in [-0.3, -0.25) is 4.79 Å². The number of rotatable bonds is 4. The van der Waals surface area contributed by atoms with Gasteiger partial charge in [0.05, 0.1) is 41.2 Å². The maximum absolute atomic E-state index is 12.4. The van der Waals surface area contributed by atoms with Crippen molar-refractivity contribution in [3.8, 4) is 0 Å². The van der Waals surface area contributed by atoms with Crippen molar-refractivity contribution < 1.29 is 42.8 Å². The van der Waals surface area contributed by atoms with E-state index in [0.717, 1.165) is 24.1 Å². The Labute approximate surface area is 280 Å². The Morgan fingerprint density at radius 3 is 1.26 bits per heavy atom. The molecule has 0 aliphatic carbocycles. The predicted molar refractivity (Wildman–Crippen MR) is 183 cm³/mol. The van der Waals surface area contributed by atoms with Crippen LogP contribution in [-0.4, -0.2) is 98.0 Å². The minimum Gasteiger partial charge on any atom is -0.478 e. The zero-order valence-corrected chi connectivity index (χ0v) is 29.3. The lowest BCUT2D eigenvalue weighted by Gasteiger charge is -2.32. The molecule has 0 aromatic heterocycles. The summed E-state index contributed by atoms with van der Waals surface area (Å²) in [6.45, 7) is 20.6. The summed E-state index contributed by atoms with van der Waals surface area (Å²) in [6, 6.07) is 14.1. The van der Waals surface area contributed by atoms with E-state index in [1.807, 2.05) is 84.6 Å². The van der Waals surface area contributed by atoms with Crippen LogP contribution in [0, 0.1) is 0 Å². The summed E-state index contributed by atoms with van der Waals surface area (Å²) < 4.78 is 34.2. The summed E-state index contributed by atoms with van der Waals surface area (Å²) in [4.78, 5) is 25.1. The number of carboxylic acids is 1. The van der Waals surface area contributed by atoms with Crippen LogP contribution in [0.2, 0.25) is 0 Å². The third-order valence-electron chi connectivity index (χ3n) is 9.74. The number of hydrogen-bond donors (Lipinski definition) is 1. The molecule has 0 saturated carbocycles. The molecule has 2 aromatic carbocycles. The SMILES string of the molecule is C1CCOCC1.CC1(C)OB(c2ccc(C(=O)N3CCOCC3)cc2)OC1(C)C.CC1(C)OB(c2ccc(C(=O)O)cc2)OC1(C)C. The molecule has 0 radical (unpaired) electrons. The summed E-state index contributed by atoms with van der Waals surface area (Å²) in [7, 11) is -0.842. The number of benzene rings is 2. The van der Waals surface area contributed by atoms with Crippen molar-refractivity contribution in [1.82, 2.24) is 4.90 Å². The molecular formula is C35H51B2NO9. The van der Waals surface area contributed by atoms with E-state index in [2.05, 4.69) is 0 Å². The summed E-state index contributed by atoms with van der Waals surface area (Å²) in [5.74, 6) is -0.885. The average Bonchev–Trinajstić information content (AvgIpc) is 3.42. The van der Waals surface area contributed by atoms with Gasteiger partial charge in [-0.05, 0) is 110 Å². The molecule has 10 nitrogen and oxygen atoms in total. The number of morpholine rings is 1. The molecule has 6 rings (SSSR count). The van der Waals surface area contributed by atoms with Crippen molar-refractivity contribution in [2.45, 2.75) is 97.1 Å². The topological polar surface area (TPSA) is 113 Å². The van der Waals surface area contributed by atoms with Crippen molar-refractivity contribution in [3.63, 3.8) is 0 Å². The quantitative estimate of drug-likeness (QED) is 0.483. The molecule has 2 aromatic rings. The first-order valence-corrected chi connectivity index (χ1v) is 16.6. The molecule has 47 heavy (non-hydrogen) atoms. The molecule has 0 spiro atoms. The lowest BCUT2D eigenvalue weighted by molar-refractivity contribution is 0.00578. The molecule has 4 aliphatic rings. The van der Waals surface area contributed by atoms with Crippen molar-refractivity contribution >= 4 is 37.0 Å². The van der Waals surface area contributed by atoms with Crippen molar-refractivity contribution in [3.05, 3.63) is 59.7 Å². The van der Waals surface area contributed by atoms with E-state index in [9.17, 15) is 9.59 Å². The number of hydrogen-bond acceptors (Lipinski definition) is 8. The highest BCUT2D eigenvalue weighted by molar-refractivity contribution is 6.62. The minimum absolute atomic E-state index is 0.0498. The van der Waals surface area contributed by atoms with E-state index in [4.69, 9.17) is 33.2 Å². The number of carboxylic acid groups (broad SMARTS) is 1. The Hall–Kier alpha value is -2.73. The van der Waals surface area contributed by atoms with Crippen LogP contribution in [0.5, 0.6) is 0 Å². The molecule has 12 heteroatoms. The van der Waals surface area contributed by atoms with Crippen LogP contribution < -0.4 is 10.9 Å². The van der Waals surface area contributed by atoms with E-state index >= 15 is 0 Å². The molecule has 0 unspecified atom stereocenters. The molecule has 256 valence electrons. The Morgan fingerprint density at radius 1 is 0.574 bits per heavy atom. The second-order valence-electron chi connectivity index (χ2n) is 14.3. The molecule has 0 bridgehead atoms. The second-order valence-corrected chi connectivity index (χ2v) is 14.3. The fraction of sp³-hybridized carbons (Fsp3) is 0.600. The number of nitrogens with zero attached hydrogens (tertiary/aromatic N) is 1. The number of amides is 1. The molecule has 4 heterocycles. The highest BCUT2D eigenvalue weighted by atomic mass is 16.7. The molecule has 1 amide bonds. The molecule has 4 aliphatic heterocycles. The molecule has 4 saturated heterocycles. The van der Waals surface area contributed by atoms with Gasteiger partial charge in [0, 0.05) is 31.9 Å². The fourth-order valence-corrected chi connectivity index (χ4v) is 5.16. The number of carbonyl (C=O) groups excluding carboxylic acids is 1. The van der Waals surface area contributed by atoms with Gasteiger partial charge in [-0.2, -0.15) is 0 Å². The van der Waals surface area contributed by atoms with Gasteiger partial charge in [-0.1, -0.05) is 24.3 Å². The maximum Gasteiger partial charge on any atom is 0.494 e. The van der Waals surface area contributed by atoms with Crippen LogP contribution in [0.1, 0.15) is 95.4 Å². The second kappa shape index (κ2) is 15.2. The molecule has 4 fully saturated rings. The van der Waals surface area contributed by atoms with Gasteiger partial charge in [-0.15, -0.1) is 0 Å². The zero-order chi connectivity index (χ0) is 34.5. The van der Waals surface area contributed by atoms with Crippen LogP contribution in [0.3, 0.4) is 0 Å². The van der Waals surface area contributed by atoms with E-state index in [1.165, 1.54) is 19.3 Å². The Bertz CT molecular complexity index is 1290. The first-order chi connectivity index (χ1) is 22.0. The van der Waals surface area contributed by atoms with Crippen LogP contribution in [0.15, 0.2) is 48.5 Å².